The highest BCUT2D eigenvalue weighted by Crippen LogP contribution is 2.27. The summed E-state index contributed by atoms with van der Waals surface area (Å²) < 4.78 is 47.8. The number of carbonyl (C=O) groups excluding carboxylic acids is 1. The van der Waals surface area contributed by atoms with E-state index in [2.05, 4.69) is 9.71 Å². The number of hydrogen-bond acceptors (Lipinski definition) is 5. The number of rotatable bonds is 6. The first kappa shape index (κ1) is 23.2. The normalized spacial score (nSPS) is 18.1. The van der Waals surface area contributed by atoms with Gasteiger partial charge in [0.25, 0.3) is 15.9 Å². The van der Waals surface area contributed by atoms with E-state index in [0.717, 1.165) is 12.8 Å². The van der Waals surface area contributed by atoms with Gasteiger partial charge in [-0.3, -0.25) is 4.79 Å². The lowest BCUT2D eigenvalue weighted by Gasteiger charge is -2.26. The molecule has 0 aliphatic carbocycles. The zero-order valence-electron chi connectivity index (χ0n) is 18.9. The first-order valence-corrected chi connectivity index (χ1v) is 12.8. The van der Waals surface area contributed by atoms with Crippen LogP contribution in [-0.4, -0.2) is 44.3 Å². The molecule has 0 bridgehead atoms. The minimum Gasteiger partial charge on any atom is -0.376 e. The molecule has 2 aliphatic heterocycles. The van der Waals surface area contributed by atoms with Crippen molar-refractivity contribution in [2.24, 2.45) is 4.40 Å². The van der Waals surface area contributed by atoms with Crippen molar-refractivity contribution in [3.8, 4) is 0 Å². The zero-order chi connectivity index (χ0) is 24.4. The second kappa shape index (κ2) is 9.59. The fourth-order valence-electron chi connectivity index (χ4n) is 4.32. The first-order valence-electron chi connectivity index (χ1n) is 11.4. The number of hydrogen-bond donors (Lipinski definition) is 1. The number of anilines is 1. The lowest BCUT2D eigenvalue weighted by Crippen LogP contribution is -2.37. The Labute approximate surface area is 203 Å². The van der Waals surface area contributed by atoms with Crippen molar-refractivity contribution < 1.29 is 22.3 Å². The van der Waals surface area contributed by atoms with Gasteiger partial charge in [-0.25, -0.2) is 4.39 Å². The molecule has 3 aromatic rings. The average molecular weight is 494 g/mol. The van der Waals surface area contributed by atoms with Crippen LogP contribution in [0.2, 0.25) is 0 Å². The highest BCUT2D eigenvalue weighted by atomic mass is 32.2. The van der Waals surface area contributed by atoms with E-state index in [-0.39, 0.29) is 35.1 Å². The van der Waals surface area contributed by atoms with Crippen LogP contribution in [0.5, 0.6) is 0 Å². The third kappa shape index (κ3) is 5.11. The van der Waals surface area contributed by atoms with Crippen molar-refractivity contribution >= 4 is 27.5 Å². The molecule has 1 amide bonds. The summed E-state index contributed by atoms with van der Waals surface area (Å²) in [7, 11) is -3.73. The van der Waals surface area contributed by atoms with Crippen molar-refractivity contribution in [3.63, 3.8) is 0 Å². The van der Waals surface area contributed by atoms with Gasteiger partial charge in [0.2, 0.25) is 0 Å². The molecule has 2 aliphatic rings. The van der Waals surface area contributed by atoms with Crippen LogP contribution in [-0.2, 0) is 21.3 Å². The van der Waals surface area contributed by atoms with Crippen LogP contribution in [0.25, 0.3) is 0 Å². The Hall–Kier alpha value is -3.56. The van der Waals surface area contributed by atoms with Crippen LogP contribution in [0.4, 0.5) is 10.1 Å². The van der Waals surface area contributed by atoms with Gasteiger partial charge in [0.1, 0.15) is 10.7 Å². The highest BCUT2D eigenvalue weighted by molar-refractivity contribution is 7.90. The Kier molecular flexibility index (Phi) is 6.36. The Balaban J connectivity index is 1.34. The maximum Gasteiger partial charge on any atom is 0.285 e. The van der Waals surface area contributed by atoms with E-state index in [1.54, 1.807) is 59.5 Å². The number of nitrogens with one attached hydrogen (secondary N) is 1. The fourth-order valence-corrected chi connectivity index (χ4v) is 5.50. The molecule has 9 heteroatoms. The number of benzene rings is 3. The third-order valence-corrected chi connectivity index (χ3v) is 7.36. The molecule has 1 N–H and O–H groups in total. The van der Waals surface area contributed by atoms with Crippen molar-refractivity contribution in [1.29, 1.82) is 0 Å². The Morgan fingerprint density at radius 1 is 1.09 bits per heavy atom. The van der Waals surface area contributed by atoms with Crippen molar-refractivity contribution in [2.75, 3.05) is 18.5 Å². The Morgan fingerprint density at radius 2 is 1.89 bits per heavy atom. The van der Waals surface area contributed by atoms with Gasteiger partial charge in [0.05, 0.1) is 6.10 Å². The van der Waals surface area contributed by atoms with E-state index in [1.165, 1.54) is 18.2 Å². The Bertz CT molecular complexity index is 1380. The van der Waals surface area contributed by atoms with E-state index < -0.39 is 10.0 Å². The molecule has 0 saturated carbocycles. The second-order valence-electron chi connectivity index (χ2n) is 8.56. The van der Waals surface area contributed by atoms with E-state index in [9.17, 15) is 17.6 Å². The second-order valence-corrected chi connectivity index (χ2v) is 10.1. The van der Waals surface area contributed by atoms with Crippen LogP contribution >= 0.6 is 0 Å². The predicted molar refractivity (Wildman–Crippen MR) is 130 cm³/mol. The molecule has 1 atom stereocenters. The summed E-state index contributed by atoms with van der Waals surface area (Å²) in [5.74, 6) is -0.297. The average Bonchev–Trinajstić information content (AvgIpc) is 3.45. The zero-order valence-corrected chi connectivity index (χ0v) is 19.7. The van der Waals surface area contributed by atoms with Crippen LogP contribution in [0.15, 0.2) is 82.1 Å². The smallest absolute Gasteiger partial charge is 0.285 e. The molecule has 180 valence electrons. The molecule has 1 unspecified atom stereocenters. The van der Waals surface area contributed by atoms with Gasteiger partial charge in [0.15, 0.2) is 5.84 Å². The number of amidine groups is 1. The number of amides is 1. The molecule has 7 nitrogen and oxygen atoms in total. The number of fused-ring (bicyclic) bond motifs is 1. The summed E-state index contributed by atoms with van der Waals surface area (Å²) in [6, 6.07) is 19.6. The first-order chi connectivity index (χ1) is 16.9. The van der Waals surface area contributed by atoms with Crippen LogP contribution in [0, 0.1) is 5.82 Å². The van der Waals surface area contributed by atoms with Gasteiger partial charge in [-0.1, -0.05) is 24.3 Å². The fraction of sp³-hybridized carbons (Fsp3) is 0.231. The van der Waals surface area contributed by atoms with Gasteiger partial charge in [-0.15, -0.1) is 4.40 Å². The molecule has 35 heavy (non-hydrogen) atoms. The van der Waals surface area contributed by atoms with Crippen molar-refractivity contribution in [1.82, 2.24) is 4.90 Å². The van der Waals surface area contributed by atoms with Gasteiger partial charge < -0.3 is 15.0 Å². The molecular formula is C26H24FN3O4S. The van der Waals surface area contributed by atoms with E-state index in [0.29, 0.717) is 35.5 Å². The largest absolute Gasteiger partial charge is 0.376 e. The van der Waals surface area contributed by atoms with E-state index in [4.69, 9.17) is 4.74 Å². The number of sulfonamides is 1. The molecule has 3 aromatic carbocycles. The summed E-state index contributed by atoms with van der Waals surface area (Å²) in [6.07, 6.45) is 1.79. The van der Waals surface area contributed by atoms with E-state index >= 15 is 0 Å². The number of ether oxygens (including phenoxy) is 1. The number of carbonyl (C=O) groups is 1. The lowest BCUT2D eigenvalue weighted by atomic mass is 10.1. The third-order valence-electron chi connectivity index (χ3n) is 6.02. The molecular weight excluding hydrogens is 469 g/mol. The molecule has 0 spiro atoms. The van der Waals surface area contributed by atoms with E-state index in [1.807, 2.05) is 0 Å². The maximum atomic E-state index is 13.7. The van der Waals surface area contributed by atoms with Gasteiger partial charge in [-0.2, -0.15) is 8.42 Å². The quantitative estimate of drug-likeness (QED) is 0.556. The Morgan fingerprint density at radius 3 is 2.63 bits per heavy atom. The van der Waals surface area contributed by atoms with Crippen molar-refractivity contribution in [2.45, 2.75) is 30.4 Å². The van der Waals surface area contributed by atoms with Gasteiger partial charge in [0, 0.05) is 36.5 Å². The van der Waals surface area contributed by atoms with Gasteiger partial charge >= 0.3 is 0 Å². The summed E-state index contributed by atoms with van der Waals surface area (Å²) in [5.41, 5.74) is 2.27. The molecule has 5 rings (SSSR count). The standard InChI is InChI=1S/C26H24FN3O4S/c27-20-6-3-5-18(15-20)16-30(17-22-7-4-14-34-22)26(31)19-10-12-21(13-11-19)28-25-23-8-1-2-9-24(23)35(32,33)29-25/h1-3,5-6,8-13,15,22H,4,7,14,16-17H2,(H,28,29). The summed E-state index contributed by atoms with van der Waals surface area (Å²) >= 11 is 0. The van der Waals surface area contributed by atoms with Gasteiger partial charge in [-0.05, 0) is 66.9 Å². The summed E-state index contributed by atoms with van der Waals surface area (Å²) in [4.78, 5) is 15.2. The van der Waals surface area contributed by atoms with Crippen LogP contribution in [0.1, 0.15) is 34.3 Å². The molecule has 0 aromatic heterocycles. The predicted octanol–water partition coefficient (Wildman–Crippen LogP) is 4.21. The molecule has 1 saturated heterocycles. The molecule has 2 heterocycles. The minimum atomic E-state index is -3.73. The molecule has 1 fully saturated rings. The van der Waals surface area contributed by atoms with Crippen molar-refractivity contribution in [3.05, 3.63) is 95.3 Å². The summed E-state index contributed by atoms with van der Waals surface area (Å²) in [5, 5.41) is 3.04. The monoisotopic (exact) mass is 493 g/mol. The van der Waals surface area contributed by atoms with Crippen LogP contribution < -0.4 is 5.32 Å². The highest BCUT2D eigenvalue weighted by Gasteiger charge is 2.28. The van der Waals surface area contributed by atoms with Crippen LogP contribution in [0.3, 0.4) is 0 Å². The summed E-state index contributed by atoms with van der Waals surface area (Å²) in [6.45, 7) is 1.36. The number of nitrogens with zero attached hydrogens (tertiary/aromatic N) is 2. The lowest BCUT2D eigenvalue weighted by molar-refractivity contribution is 0.0507. The maximum absolute atomic E-state index is 13.7. The SMILES string of the molecule is O=C(c1ccc(NC2=NS(=O)(=O)c3ccccc32)cc1)N(Cc1cccc(F)c1)CC1CCCO1. The number of halogens is 1. The molecule has 0 radical (unpaired) electrons. The minimum absolute atomic E-state index is 0.0455. The topological polar surface area (TPSA) is 88.1 Å².